The van der Waals surface area contributed by atoms with Crippen LogP contribution in [0.15, 0.2) is 64.8 Å². The van der Waals surface area contributed by atoms with E-state index in [9.17, 15) is 9.59 Å². The molecule has 0 spiro atoms. The lowest BCUT2D eigenvalue weighted by molar-refractivity contribution is -0.148. The smallest absolute Gasteiger partial charge is 0.315 e. The summed E-state index contributed by atoms with van der Waals surface area (Å²) in [5.74, 6) is 0.0104. The Bertz CT molecular complexity index is 1140. The van der Waals surface area contributed by atoms with Crippen molar-refractivity contribution in [1.29, 1.82) is 0 Å². The number of hydrogen-bond donors (Lipinski definition) is 0. The minimum atomic E-state index is -0.671. The van der Waals surface area contributed by atoms with Crippen molar-refractivity contribution in [2.24, 2.45) is 16.3 Å². The van der Waals surface area contributed by atoms with E-state index in [-0.39, 0.29) is 23.8 Å². The van der Waals surface area contributed by atoms with Crippen molar-refractivity contribution in [3.8, 4) is 11.5 Å². The van der Waals surface area contributed by atoms with E-state index in [1.54, 1.807) is 14.2 Å². The molecule has 1 heterocycles. The number of benzene rings is 2. The maximum absolute atomic E-state index is 13.4. The van der Waals surface area contributed by atoms with E-state index < -0.39 is 11.8 Å². The minimum Gasteiger partial charge on any atom is -0.497 e. The van der Waals surface area contributed by atoms with Crippen LogP contribution in [0.1, 0.15) is 50.7 Å². The Hall–Kier alpha value is -3.41. The van der Waals surface area contributed by atoms with Crippen LogP contribution in [0.25, 0.3) is 0 Å². The number of rotatable bonds is 6. The summed E-state index contributed by atoms with van der Waals surface area (Å²) in [5, 5.41) is 0. The van der Waals surface area contributed by atoms with E-state index in [4.69, 9.17) is 19.2 Å². The Morgan fingerprint density at radius 3 is 2.15 bits per heavy atom. The molecule has 0 N–H and O–H groups in total. The molecule has 1 aliphatic heterocycles. The average Bonchev–Trinajstić information content (AvgIpc) is 2.81. The number of nitrogens with zero attached hydrogens (tertiary/aromatic N) is 1. The molecule has 0 saturated heterocycles. The van der Waals surface area contributed by atoms with Crippen LogP contribution < -0.4 is 9.47 Å². The number of aliphatic imine (C=N–C) groups is 1. The topological polar surface area (TPSA) is 74.2 Å². The van der Waals surface area contributed by atoms with Crippen molar-refractivity contribution in [2.45, 2.75) is 46.1 Å². The van der Waals surface area contributed by atoms with Gasteiger partial charge >= 0.3 is 5.97 Å². The van der Waals surface area contributed by atoms with Gasteiger partial charge in [-0.25, -0.2) is 0 Å². The fourth-order valence-electron chi connectivity index (χ4n) is 4.89. The molecule has 0 saturated carbocycles. The van der Waals surface area contributed by atoms with Gasteiger partial charge in [0.05, 0.1) is 14.2 Å². The molecular formula is C28H31NO5. The third-order valence-electron chi connectivity index (χ3n) is 6.57. The van der Waals surface area contributed by atoms with Crippen molar-refractivity contribution < 1.29 is 23.8 Å². The number of carbonyl (C=O) groups is 2. The normalized spacial score (nSPS) is 21.4. The van der Waals surface area contributed by atoms with Crippen LogP contribution in [0.4, 0.5) is 0 Å². The van der Waals surface area contributed by atoms with Crippen molar-refractivity contribution in [1.82, 2.24) is 0 Å². The van der Waals surface area contributed by atoms with Crippen LogP contribution in [-0.4, -0.2) is 31.7 Å². The van der Waals surface area contributed by atoms with Gasteiger partial charge in [0.1, 0.15) is 24.0 Å². The third kappa shape index (κ3) is 4.76. The largest absolute Gasteiger partial charge is 0.497 e. The molecule has 0 bridgehead atoms. The van der Waals surface area contributed by atoms with Crippen LogP contribution in [0, 0.1) is 11.3 Å². The standard InChI is InChI=1S/C28H31NO5/c1-17-24(27(31)34-16-18-6-10-20(32-4)11-7-18)25(19-8-12-21(33-5)13-9-19)26-22(29-17)14-28(2,3)15-23(26)30/h6-13,24-25H,14-16H2,1-5H3/t24?,25-/m0/s1. The van der Waals surface area contributed by atoms with Gasteiger partial charge in [-0.05, 0) is 54.2 Å². The summed E-state index contributed by atoms with van der Waals surface area (Å²) in [4.78, 5) is 31.6. The van der Waals surface area contributed by atoms with E-state index in [0.29, 0.717) is 29.9 Å². The molecule has 2 atom stereocenters. The first kappa shape index (κ1) is 23.7. The second-order valence-corrected chi connectivity index (χ2v) is 9.74. The molecular weight excluding hydrogens is 430 g/mol. The van der Waals surface area contributed by atoms with E-state index in [2.05, 4.69) is 13.8 Å². The zero-order valence-electron chi connectivity index (χ0n) is 20.4. The highest BCUT2D eigenvalue weighted by Gasteiger charge is 2.46. The van der Waals surface area contributed by atoms with E-state index in [1.807, 2.05) is 55.5 Å². The Labute approximate surface area is 200 Å². The van der Waals surface area contributed by atoms with E-state index in [1.165, 1.54) is 0 Å². The fraction of sp³-hybridized carbons (Fsp3) is 0.393. The van der Waals surface area contributed by atoms with Gasteiger partial charge in [-0.15, -0.1) is 0 Å². The summed E-state index contributed by atoms with van der Waals surface area (Å²) in [7, 11) is 3.22. The molecule has 2 aliphatic rings. The maximum atomic E-state index is 13.4. The molecule has 4 rings (SSSR count). The Morgan fingerprint density at radius 2 is 1.56 bits per heavy atom. The molecule has 178 valence electrons. The second kappa shape index (κ2) is 9.45. The van der Waals surface area contributed by atoms with Crippen LogP contribution in [0.3, 0.4) is 0 Å². The Kier molecular flexibility index (Phi) is 6.60. The van der Waals surface area contributed by atoms with E-state index >= 15 is 0 Å². The third-order valence-corrected chi connectivity index (χ3v) is 6.57. The molecule has 2 aromatic carbocycles. The number of carbonyl (C=O) groups excluding carboxylic acids is 2. The SMILES string of the molecule is COc1ccc(COC(=O)C2C(C)=NC3=C(C(=O)CC(C)(C)C3)[C@H]2c2ccc(OC)cc2)cc1. The Morgan fingerprint density at radius 1 is 0.971 bits per heavy atom. The summed E-state index contributed by atoms with van der Waals surface area (Å²) in [6.07, 6.45) is 1.13. The zero-order chi connectivity index (χ0) is 24.5. The van der Waals surface area contributed by atoms with Gasteiger partial charge in [0, 0.05) is 29.3 Å². The number of methoxy groups -OCH3 is 2. The lowest BCUT2D eigenvalue weighted by Crippen LogP contribution is -2.39. The van der Waals surface area contributed by atoms with Crippen molar-refractivity contribution in [3.05, 3.63) is 70.9 Å². The summed E-state index contributed by atoms with van der Waals surface area (Å²) >= 11 is 0. The van der Waals surface area contributed by atoms with Gasteiger partial charge in [-0.2, -0.15) is 0 Å². The zero-order valence-corrected chi connectivity index (χ0v) is 20.4. The first-order valence-electron chi connectivity index (χ1n) is 11.5. The van der Waals surface area contributed by atoms with Gasteiger partial charge in [0.2, 0.25) is 0 Å². The van der Waals surface area contributed by atoms with Crippen LogP contribution in [0.5, 0.6) is 11.5 Å². The van der Waals surface area contributed by atoms with Gasteiger partial charge < -0.3 is 14.2 Å². The molecule has 0 radical (unpaired) electrons. The summed E-state index contributed by atoms with van der Waals surface area (Å²) < 4.78 is 16.2. The lowest BCUT2D eigenvalue weighted by Gasteiger charge is -2.39. The monoisotopic (exact) mass is 461 g/mol. The molecule has 0 amide bonds. The highest BCUT2D eigenvalue weighted by Crippen LogP contribution is 2.48. The molecule has 1 unspecified atom stereocenters. The number of Topliss-reactive ketones (excluding diaryl/α,β-unsaturated/α-hetero) is 1. The van der Waals surface area contributed by atoms with Crippen LogP contribution in [-0.2, 0) is 20.9 Å². The highest BCUT2D eigenvalue weighted by molar-refractivity contribution is 6.09. The summed E-state index contributed by atoms with van der Waals surface area (Å²) in [6, 6.07) is 14.9. The number of ketones is 1. The highest BCUT2D eigenvalue weighted by atomic mass is 16.5. The minimum absolute atomic E-state index is 0.0521. The van der Waals surface area contributed by atoms with Crippen molar-refractivity contribution in [2.75, 3.05) is 14.2 Å². The van der Waals surface area contributed by atoms with Gasteiger partial charge in [0.25, 0.3) is 0 Å². The molecule has 0 fully saturated rings. The predicted molar refractivity (Wildman–Crippen MR) is 130 cm³/mol. The molecule has 34 heavy (non-hydrogen) atoms. The predicted octanol–water partition coefficient (Wildman–Crippen LogP) is 5.26. The second-order valence-electron chi connectivity index (χ2n) is 9.74. The van der Waals surface area contributed by atoms with Gasteiger partial charge in [0.15, 0.2) is 5.78 Å². The number of hydrogen-bond acceptors (Lipinski definition) is 6. The first-order chi connectivity index (χ1) is 16.2. The van der Waals surface area contributed by atoms with Crippen molar-refractivity contribution >= 4 is 17.5 Å². The van der Waals surface area contributed by atoms with Gasteiger partial charge in [-0.3, -0.25) is 14.6 Å². The number of esters is 1. The van der Waals surface area contributed by atoms with Gasteiger partial charge in [-0.1, -0.05) is 38.1 Å². The molecule has 2 aromatic rings. The fourth-order valence-corrected chi connectivity index (χ4v) is 4.89. The first-order valence-corrected chi connectivity index (χ1v) is 11.5. The molecule has 1 aliphatic carbocycles. The molecule has 0 aromatic heterocycles. The molecule has 6 nitrogen and oxygen atoms in total. The Balaban J connectivity index is 1.68. The number of allylic oxidation sites excluding steroid dienone is 2. The molecule has 6 heteroatoms. The van der Waals surface area contributed by atoms with Crippen LogP contribution in [0.2, 0.25) is 0 Å². The lowest BCUT2D eigenvalue weighted by atomic mass is 9.67. The average molecular weight is 462 g/mol. The summed E-state index contributed by atoms with van der Waals surface area (Å²) in [6.45, 7) is 6.15. The van der Waals surface area contributed by atoms with Crippen LogP contribution >= 0.6 is 0 Å². The maximum Gasteiger partial charge on any atom is 0.315 e. The number of ether oxygens (including phenoxy) is 3. The quantitative estimate of drug-likeness (QED) is 0.548. The van der Waals surface area contributed by atoms with E-state index in [0.717, 1.165) is 22.6 Å². The van der Waals surface area contributed by atoms with Crippen molar-refractivity contribution in [3.63, 3.8) is 0 Å². The summed E-state index contributed by atoms with van der Waals surface area (Å²) in [5.41, 5.74) is 3.68.